The molecule has 43 heavy (non-hydrogen) atoms. The van der Waals surface area contributed by atoms with Crippen LogP contribution in [-0.4, -0.2) is 130 Å². The number of rotatable bonds is 28. The highest BCUT2D eigenvalue weighted by molar-refractivity contribution is 5.84. The summed E-state index contributed by atoms with van der Waals surface area (Å²) in [7, 11) is 0. The van der Waals surface area contributed by atoms with Crippen LogP contribution in [0.2, 0.25) is 0 Å². The topological polar surface area (TPSA) is 254 Å². The van der Waals surface area contributed by atoms with Gasteiger partial charge in [-0.05, 0) is 25.7 Å². The van der Waals surface area contributed by atoms with Gasteiger partial charge in [0, 0.05) is 32.5 Å². The van der Waals surface area contributed by atoms with Crippen molar-refractivity contribution < 1.29 is 57.9 Å². The third-order valence-corrected chi connectivity index (χ3v) is 5.54. The second-order valence-electron chi connectivity index (χ2n) is 9.17. The first-order valence-electron chi connectivity index (χ1n) is 14.2. The van der Waals surface area contributed by atoms with Gasteiger partial charge in [-0.15, -0.1) is 0 Å². The number of amides is 4. The first-order chi connectivity index (χ1) is 20.6. The largest absolute Gasteiger partial charge is 0.480 e. The number of carboxylic acid groups (broad SMARTS) is 2. The Labute approximate surface area is 250 Å². The number of hydrogen-bond donors (Lipinski definition) is 7. The van der Waals surface area contributed by atoms with E-state index >= 15 is 0 Å². The summed E-state index contributed by atoms with van der Waals surface area (Å²) in [5.74, 6) is -3.60. The fraction of sp³-hybridized carbons (Fsp3) is 0.769. The maximum Gasteiger partial charge on any atom is 0.326 e. The zero-order valence-electron chi connectivity index (χ0n) is 24.7. The highest BCUT2D eigenvalue weighted by Crippen LogP contribution is 2.01. The summed E-state index contributed by atoms with van der Waals surface area (Å²) in [6.07, 6.45) is 1.78. The Kier molecular flexibility index (Phi) is 24.2. The first-order valence-corrected chi connectivity index (χ1v) is 14.2. The molecule has 0 saturated heterocycles. The summed E-state index contributed by atoms with van der Waals surface area (Å²) in [4.78, 5) is 68.4. The second kappa shape index (κ2) is 26.3. The van der Waals surface area contributed by atoms with Crippen LogP contribution in [0.5, 0.6) is 0 Å². The van der Waals surface area contributed by atoms with Gasteiger partial charge in [-0.25, -0.2) is 4.79 Å². The Morgan fingerprint density at radius 3 is 1.72 bits per heavy atom. The smallest absolute Gasteiger partial charge is 0.326 e. The molecule has 0 aliphatic carbocycles. The fourth-order valence-electron chi connectivity index (χ4n) is 3.16. The van der Waals surface area contributed by atoms with Crippen molar-refractivity contribution in [1.29, 1.82) is 0 Å². The molecule has 2 unspecified atom stereocenters. The number of hydrogen-bond acceptors (Lipinski definition) is 11. The number of nitrogens with one attached hydrogen (secondary N) is 4. The molecule has 2 atom stereocenters. The van der Waals surface area contributed by atoms with E-state index in [1.165, 1.54) is 0 Å². The lowest BCUT2D eigenvalue weighted by Crippen LogP contribution is -2.42. The van der Waals surface area contributed by atoms with E-state index in [0.29, 0.717) is 25.8 Å². The Bertz CT molecular complexity index is 845. The van der Waals surface area contributed by atoms with E-state index in [1.54, 1.807) is 6.92 Å². The molecule has 0 spiro atoms. The minimum atomic E-state index is -1.16. The monoisotopic (exact) mass is 621 g/mol. The van der Waals surface area contributed by atoms with Gasteiger partial charge in [0.2, 0.25) is 23.6 Å². The van der Waals surface area contributed by atoms with Gasteiger partial charge in [-0.1, -0.05) is 6.92 Å². The highest BCUT2D eigenvalue weighted by atomic mass is 16.5. The molecule has 0 saturated carbocycles. The van der Waals surface area contributed by atoms with Crippen LogP contribution >= 0.6 is 0 Å². The van der Waals surface area contributed by atoms with Crippen molar-refractivity contribution in [2.45, 2.75) is 57.5 Å². The molecule has 17 heteroatoms. The molecular weight excluding hydrogens is 574 g/mol. The molecular formula is C26H47N5O12. The average Bonchev–Trinajstić information content (AvgIpc) is 2.97. The lowest BCUT2D eigenvalue weighted by molar-refractivity contribution is -0.143. The molecule has 0 bridgehead atoms. The number of aliphatic carboxylic acids is 2. The summed E-state index contributed by atoms with van der Waals surface area (Å²) in [6, 6.07) is -2.12. The van der Waals surface area contributed by atoms with E-state index in [0.717, 1.165) is 0 Å². The van der Waals surface area contributed by atoms with Crippen molar-refractivity contribution in [2.24, 2.45) is 5.73 Å². The van der Waals surface area contributed by atoms with Crippen LogP contribution in [-0.2, 0) is 47.7 Å². The van der Waals surface area contributed by atoms with E-state index in [2.05, 4.69) is 21.3 Å². The molecule has 8 N–H and O–H groups in total. The van der Waals surface area contributed by atoms with Gasteiger partial charge in [-0.3, -0.25) is 24.0 Å². The standard InChI is InChI=1S/C26H47N5O12/c1-2-21(32)28-8-4-3-5-20(26(38)39)31-24(35)18-43-16-14-41-12-10-30-23(34)17-42-15-13-40-11-9-29-22(33)7-6-19(27)25(36)37/h19-20H,2-18,27H2,1H3,(H,28,32)(H,29,33)(H,30,34)(H,31,35)(H,36,37)(H,38,39). The summed E-state index contributed by atoms with van der Waals surface area (Å²) >= 11 is 0. The van der Waals surface area contributed by atoms with E-state index in [9.17, 15) is 33.9 Å². The van der Waals surface area contributed by atoms with Crippen molar-refractivity contribution in [1.82, 2.24) is 21.3 Å². The highest BCUT2D eigenvalue weighted by Gasteiger charge is 2.19. The van der Waals surface area contributed by atoms with Crippen LogP contribution in [0.1, 0.15) is 45.4 Å². The van der Waals surface area contributed by atoms with E-state index < -0.39 is 29.9 Å². The molecule has 0 aromatic rings. The van der Waals surface area contributed by atoms with Gasteiger partial charge in [0.15, 0.2) is 0 Å². The molecule has 0 heterocycles. The van der Waals surface area contributed by atoms with Crippen LogP contribution in [0.4, 0.5) is 0 Å². The molecule has 0 aliphatic heterocycles. The third-order valence-electron chi connectivity index (χ3n) is 5.54. The Balaban J connectivity index is 3.63. The van der Waals surface area contributed by atoms with Crippen LogP contribution in [0, 0.1) is 0 Å². The Morgan fingerprint density at radius 1 is 0.628 bits per heavy atom. The third kappa shape index (κ3) is 24.9. The summed E-state index contributed by atoms with van der Waals surface area (Å²) < 4.78 is 20.9. The van der Waals surface area contributed by atoms with Gasteiger partial charge < -0.3 is 56.2 Å². The summed E-state index contributed by atoms with van der Waals surface area (Å²) in [5.41, 5.74) is 5.33. The summed E-state index contributed by atoms with van der Waals surface area (Å²) in [6.45, 7) is 3.25. The van der Waals surface area contributed by atoms with Crippen LogP contribution in [0.3, 0.4) is 0 Å². The lowest BCUT2D eigenvalue weighted by Gasteiger charge is -2.14. The van der Waals surface area contributed by atoms with Crippen molar-refractivity contribution in [3.05, 3.63) is 0 Å². The SMILES string of the molecule is CCC(=O)NCCCCC(NC(=O)COCCOCCNC(=O)COCCOCCNC(=O)CCC(N)C(=O)O)C(=O)O. The van der Waals surface area contributed by atoms with E-state index in [4.69, 9.17) is 29.8 Å². The van der Waals surface area contributed by atoms with Gasteiger partial charge in [0.25, 0.3) is 0 Å². The molecule has 248 valence electrons. The lowest BCUT2D eigenvalue weighted by atomic mass is 10.1. The number of carboxylic acids is 2. The minimum Gasteiger partial charge on any atom is -0.480 e. The van der Waals surface area contributed by atoms with Crippen molar-refractivity contribution in [3.63, 3.8) is 0 Å². The zero-order valence-corrected chi connectivity index (χ0v) is 24.7. The summed E-state index contributed by atoms with van der Waals surface area (Å²) in [5, 5.41) is 28.2. The van der Waals surface area contributed by atoms with E-state index in [-0.39, 0.29) is 103 Å². The fourth-order valence-corrected chi connectivity index (χ4v) is 3.16. The Hall–Kier alpha value is -3.38. The van der Waals surface area contributed by atoms with Gasteiger partial charge >= 0.3 is 11.9 Å². The predicted octanol–water partition coefficient (Wildman–Crippen LogP) is -2.26. The van der Waals surface area contributed by atoms with Gasteiger partial charge in [0.05, 0.1) is 39.6 Å². The molecule has 0 rings (SSSR count). The van der Waals surface area contributed by atoms with Gasteiger partial charge in [-0.2, -0.15) is 0 Å². The second-order valence-corrected chi connectivity index (χ2v) is 9.17. The van der Waals surface area contributed by atoms with Gasteiger partial charge in [0.1, 0.15) is 25.3 Å². The van der Waals surface area contributed by atoms with Crippen molar-refractivity contribution in [2.75, 3.05) is 72.5 Å². The average molecular weight is 622 g/mol. The molecule has 0 aliphatic rings. The zero-order chi connectivity index (χ0) is 32.3. The first kappa shape index (κ1) is 39.6. The molecule has 0 aromatic carbocycles. The number of ether oxygens (including phenoxy) is 4. The quantitative estimate of drug-likeness (QED) is 0.0456. The van der Waals surface area contributed by atoms with Crippen molar-refractivity contribution >= 4 is 35.6 Å². The maximum atomic E-state index is 11.9. The number of nitrogens with two attached hydrogens (primary N) is 1. The minimum absolute atomic E-state index is 0.00497. The normalized spacial score (nSPS) is 12.1. The van der Waals surface area contributed by atoms with Crippen LogP contribution in [0.15, 0.2) is 0 Å². The number of carbonyl (C=O) groups is 6. The van der Waals surface area contributed by atoms with Crippen molar-refractivity contribution in [3.8, 4) is 0 Å². The van der Waals surface area contributed by atoms with Crippen LogP contribution in [0.25, 0.3) is 0 Å². The molecule has 0 aromatic heterocycles. The van der Waals surface area contributed by atoms with Crippen LogP contribution < -0.4 is 27.0 Å². The molecule has 4 amide bonds. The maximum absolute atomic E-state index is 11.9. The molecule has 17 nitrogen and oxygen atoms in total. The number of unbranched alkanes of at least 4 members (excludes halogenated alkanes) is 1. The molecule has 0 radical (unpaired) electrons. The predicted molar refractivity (Wildman–Crippen MR) is 151 cm³/mol. The molecule has 0 fully saturated rings. The van der Waals surface area contributed by atoms with E-state index in [1.807, 2.05) is 0 Å². The Morgan fingerprint density at radius 2 is 1.16 bits per heavy atom. The number of carbonyl (C=O) groups excluding carboxylic acids is 4.